The summed E-state index contributed by atoms with van der Waals surface area (Å²) in [4.78, 5) is 4.45. The van der Waals surface area contributed by atoms with Gasteiger partial charge in [-0.25, -0.2) is 4.39 Å². The van der Waals surface area contributed by atoms with Gasteiger partial charge in [-0.2, -0.15) is 0 Å². The summed E-state index contributed by atoms with van der Waals surface area (Å²) in [5, 5.41) is 0. The Morgan fingerprint density at radius 2 is 1.87 bits per heavy atom. The van der Waals surface area contributed by atoms with E-state index >= 15 is 0 Å². The van der Waals surface area contributed by atoms with E-state index in [1.807, 2.05) is 18.2 Å². The topological polar surface area (TPSA) is 22.1 Å². The monoisotopic (exact) mass is 401 g/mol. The summed E-state index contributed by atoms with van der Waals surface area (Å²) in [5.41, 5.74) is 5.19. The molecule has 0 aliphatic carbocycles. The molecule has 1 aromatic heterocycles. The maximum Gasteiger partial charge on any atom is 0.129 e. The quantitative estimate of drug-likeness (QED) is 0.259. The van der Waals surface area contributed by atoms with Crippen molar-refractivity contribution >= 4 is 6.08 Å². The first kappa shape index (κ1) is 21.5. The van der Waals surface area contributed by atoms with Crippen LogP contribution in [0.1, 0.15) is 31.7 Å². The van der Waals surface area contributed by atoms with E-state index in [4.69, 9.17) is 4.74 Å². The van der Waals surface area contributed by atoms with Gasteiger partial charge in [0.25, 0.3) is 0 Å². The van der Waals surface area contributed by atoms with E-state index in [9.17, 15) is 4.39 Å². The van der Waals surface area contributed by atoms with Crippen molar-refractivity contribution in [3.63, 3.8) is 0 Å². The van der Waals surface area contributed by atoms with Gasteiger partial charge in [0.1, 0.15) is 12.4 Å². The Labute approximate surface area is 178 Å². The summed E-state index contributed by atoms with van der Waals surface area (Å²) < 4.78 is 18.8. The molecule has 1 atom stereocenters. The van der Waals surface area contributed by atoms with E-state index in [1.165, 1.54) is 0 Å². The van der Waals surface area contributed by atoms with E-state index in [1.54, 1.807) is 19.2 Å². The van der Waals surface area contributed by atoms with Crippen LogP contribution in [0.2, 0.25) is 0 Å². The van der Waals surface area contributed by atoms with Gasteiger partial charge < -0.3 is 4.74 Å². The standard InChI is InChI=1S/C27H28FNO/c1-3-19-30-27-20-24(16-17-25(27)26-11-7-8-18-29-26)23-14-12-22(13-15-23)10-6-4-5-9-21(2)28/h3,6-8,10-18,20-21H,1,4-5,9,19H2,2H3. The van der Waals surface area contributed by atoms with Crippen molar-refractivity contribution < 1.29 is 9.13 Å². The fourth-order valence-electron chi connectivity index (χ4n) is 3.23. The zero-order valence-corrected chi connectivity index (χ0v) is 17.4. The summed E-state index contributed by atoms with van der Waals surface area (Å²) in [7, 11) is 0. The van der Waals surface area contributed by atoms with Crippen molar-refractivity contribution in [2.75, 3.05) is 6.61 Å². The van der Waals surface area contributed by atoms with Crippen LogP contribution in [0, 0.1) is 0 Å². The summed E-state index contributed by atoms with van der Waals surface area (Å²) in [6, 6.07) is 20.5. The second kappa shape index (κ2) is 11.1. The van der Waals surface area contributed by atoms with Crippen molar-refractivity contribution in [3.05, 3.63) is 91.2 Å². The first-order valence-electron chi connectivity index (χ1n) is 10.4. The molecule has 3 rings (SSSR count). The van der Waals surface area contributed by atoms with Crippen LogP contribution >= 0.6 is 0 Å². The van der Waals surface area contributed by atoms with Crippen molar-refractivity contribution in [3.8, 4) is 28.1 Å². The molecule has 3 aromatic rings. The molecular formula is C27H28FNO. The second-order valence-electron chi connectivity index (χ2n) is 7.26. The van der Waals surface area contributed by atoms with Crippen molar-refractivity contribution in [2.24, 2.45) is 0 Å². The van der Waals surface area contributed by atoms with Gasteiger partial charge in [-0.1, -0.05) is 61.2 Å². The molecule has 0 N–H and O–H groups in total. The van der Waals surface area contributed by atoms with E-state index in [0.717, 1.165) is 46.5 Å². The molecule has 0 saturated carbocycles. The van der Waals surface area contributed by atoms with Gasteiger partial charge in [0, 0.05) is 11.8 Å². The van der Waals surface area contributed by atoms with Crippen LogP contribution in [-0.2, 0) is 0 Å². The predicted octanol–water partition coefficient (Wildman–Crippen LogP) is 7.52. The van der Waals surface area contributed by atoms with Crippen LogP contribution in [0.15, 0.2) is 85.6 Å². The number of pyridine rings is 1. The van der Waals surface area contributed by atoms with E-state index < -0.39 is 6.17 Å². The molecule has 2 aromatic carbocycles. The number of rotatable bonds is 10. The Balaban J connectivity index is 1.76. The minimum atomic E-state index is -0.720. The minimum Gasteiger partial charge on any atom is -0.489 e. The molecular weight excluding hydrogens is 373 g/mol. The van der Waals surface area contributed by atoms with Crippen LogP contribution in [0.25, 0.3) is 28.5 Å². The molecule has 0 spiro atoms. The van der Waals surface area contributed by atoms with Gasteiger partial charge in [0.2, 0.25) is 0 Å². The molecule has 30 heavy (non-hydrogen) atoms. The normalized spacial score (nSPS) is 12.1. The summed E-state index contributed by atoms with van der Waals surface area (Å²) in [6.45, 7) is 5.80. The Morgan fingerprint density at radius 3 is 2.57 bits per heavy atom. The number of unbranched alkanes of at least 4 members (excludes halogenated alkanes) is 1. The van der Waals surface area contributed by atoms with Gasteiger partial charge in [-0.05, 0) is 67.1 Å². The third kappa shape index (κ3) is 6.15. The molecule has 0 aliphatic rings. The number of aromatic nitrogens is 1. The fraction of sp³-hybridized carbons (Fsp3) is 0.222. The average molecular weight is 402 g/mol. The summed E-state index contributed by atoms with van der Waals surface area (Å²) >= 11 is 0. The number of allylic oxidation sites excluding steroid dienone is 1. The molecule has 1 heterocycles. The Bertz CT molecular complexity index is 962. The largest absolute Gasteiger partial charge is 0.489 e. The first-order valence-corrected chi connectivity index (χ1v) is 10.4. The maximum absolute atomic E-state index is 12.8. The lowest BCUT2D eigenvalue weighted by molar-refractivity contribution is 0.335. The third-order valence-electron chi connectivity index (χ3n) is 4.81. The number of nitrogens with zero attached hydrogens (tertiary/aromatic N) is 1. The molecule has 154 valence electrons. The molecule has 3 heteroatoms. The fourth-order valence-corrected chi connectivity index (χ4v) is 3.23. The van der Waals surface area contributed by atoms with E-state index in [-0.39, 0.29) is 0 Å². The predicted molar refractivity (Wildman–Crippen MR) is 124 cm³/mol. The SMILES string of the molecule is C=CCOc1cc(-c2ccc(C=CCCCC(C)F)cc2)ccc1-c1ccccn1. The lowest BCUT2D eigenvalue weighted by atomic mass is 10.00. The van der Waals surface area contributed by atoms with Crippen molar-refractivity contribution in [2.45, 2.75) is 32.4 Å². The van der Waals surface area contributed by atoms with Crippen molar-refractivity contribution in [1.82, 2.24) is 4.98 Å². The number of hydrogen-bond donors (Lipinski definition) is 0. The first-order chi connectivity index (χ1) is 14.7. The lowest BCUT2D eigenvalue weighted by Gasteiger charge is -2.12. The number of hydrogen-bond acceptors (Lipinski definition) is 2. The second-order valence-corrected chi connectivity index (χ2v) is 7.26. The number of alkyl halides is 1. The Morgan fingerprint density at radius 1 is 1.07 bits per heavy atom. The van der Waals surface area contributed by atoms with Crippen LogP contribution in [0.5, 0.6) is 5.75 Å². The zero-order valence-electron chi connectivity index (χ0n) is 17.4. The zero-order chi connectivity index (χ0) is 21.2. The van der Waals surface area contributed by atoms with Gasteiger partial charge in [0.15, 0.2) is 0 Å². The highest BCUT2D eigenvalue weighted by atomic mass is 19.1. The highest BCUT2D eigenvalue weighted by Crippen LogP contribution is 2.33. The summed E-state index contributed by atoms with van der Waals surface area (Å²) in [6.07, 6.45) is 9.40. The molecule has 0 bridgehead atoms. The average Bonchev–Trinajstić information content (AvgIpc) is 2.78. The van der Waals surface area contributed by atoms with Gasteiger partial charge in [-0.15, -0.1) is 0 Å². The molecule has 0 fully saturated rings. The van der Waals surface area contributed by atoms with Gasteiger partial charge in [0.05, 0.1) is 11.9 Å². The van der Waals surface area contributed by atoms with Gasteiger partial charge >= 0.3 is 0 Å². The van der Waals surface area contributed by atoms with Crippen LogP contribution < -0.4 is 4.74 Å². The Hall–Kier alpha value is -3.20. The molecule has 0 amide bonds. The maximum atomic E-state index is 12.8. The number of ether oxygens (including phenoxy) is 1. The smallest absolute Gasteiger partial charge is 0.129 e. The third-order valence-corrected chi connectivity index (χ3v) is 4.81. The molecule has 0 radical (unpaired) electrons. The van der Waals surface area contributed by atoms with Crippen LogP contribution in [0.3, 0.4) is 0 Å². The molecule has 0 aliphatic heterocycles. The van der Waals surface area contributed by atoms with Crippen molar-refractivity contribution in [1.29, 1.82) is 0 Å². The van der Waals surface area contributed by atoms with Gasteiger partial charge in [-0.3, -0.25) is 4.98 Å². The highest BCUT2D eigenvalue weighted by Gasteiger charge is 2.10. The molecule has 2 nitrogen and oxygen atoms in total. The lowest BCUT2D eigenvalue weighted by Crippen LogP contribution is -1.96. The summed E-state index contributed by atoms with van der Waals surface area (Å²) in [5.74, 6) is 0.789. The van der Waals surface area contributed by atoms with E-state index in [0.29, 0.717) is 13.0 Å². The highest BCUT2D eigenvalue weighted by molar-refractivity contribution is 5.75. The number of benzene rings is 2. The van der Waals surface area contributed by atoms with E-state index in [2.05, 4.69) is 66.2 Å². The van der Waals surface area contributed by atoms with Crippen LogP contribution in [0.4, 0.5) is 4.39 Å². The minimum absolute atomic E-state index is 0.439. The Kier molecular flexibility index (Phi) is 7.96. The molecule has 0 saturated heterocycles. The van der Waals surface area contributed by atoms with Crippen LogP contribution in [-0.4, -0.2) is 17.8 Å². The molecule has 1 unspecified atom stereocenters. The number of halogens is 1.